The van der Waals surface area contributed by atoms with Gasteiger partial charge in [0.05, 0.1) is 6.61 Å². The van der Waals surface area contributed by atoms with E-state index in [1.807, 2.05) is 20.8 Å². The molecular formula is C17H36N2O2. The third-order valence-corrected chi connectivity index (χ3v) is 3.90. The van der Waals surface area contributed by atoms with Gasteiger partial charge in [-0.1, -0.05) is 26.7 Å². The van der Waals surface area contributed by atoms with Crippen LogP contribution in [0, 0.1) is 0 Å². The molecule has 0 aliphatic carbocycles. The molecule has 0 fully saturated rings. The molecule has 1 atom stereocenters. The minimum atomic E-state index is -0.536. The second-order valence-corrected chi connectivity index (χ2v) is 6.05. The maximum atomic E-state index is 12.1. The highest BCUT2D eigenvalue weighted by molar-refractivity contribution is 5.80. The summed E-state index contributed by atoms with van der Waals surface area (Å²) >= 11 is 0. The Balaban J connectivity index is 4.00. The molecule has 0 aliphatic rings. The Bertz CT molecular complexity index is 272. The van der Waals surface area contributed by atoms with E-state index in [4.69, 9.17) is 4.74 Å². The molecule has 0 saturated carbocycles. The number of hydrogen-bond acceptors (Lipinski definition) is 4. The van der Waals surface area contributed by atoms with Gasteiger partial charge in [-0.25, -0.2) is 0 Å². The van der Waals surface area contributed by atoms with Crippen LogP contribution in [0.5, 0.6) is 0 Å². The van der Waals surface area contributed by atoms with Crippen molar-refractivity contribution in [1.29, 1.82) is 0 Å². The molecule has 0 amide bonds. The average molecular weight is 300 g/mol. The lowest BCUT2D eigenvalue weighted by atomic mass is 9.94. The number of rotatable bonds is 13. The largest absolute Gasteiger partial charge is 0.465 e. The monoisotopic (exact) mass is 300 g/mol. The van der Waals surface area contributed by atoms with Gasteiger partial charge in [-0.2, -0.15) is 0 Å². The number of unbranched alkanes of at least 4 members (excludes halogenated alkanes) is 3. The zero-order valence-corrected chi connectivity index (χ0v) is 14.8. The SMILES string of the molecule is CCCCCN(C)CCCCC(C)(NCC)C(=O)OCC. The molecule has 4 heteroatoms. The van der Waals surface area contributed by atoms with Crippen LogP contribution in [0.2, 0.25) is 0 Å². The summed E-state index contributed by atoms with van der Waals surface area (Å²) < 4.78 is 5.19. The number of nitrogens with one attached hydrogen (secondary N) is 1. The Morgan fingerprint density at radius 1 is 1.10 bits per heavy atom. The lowest BCUT2D eigenvalue weighted by molar-refractivity contribution is -0.150. The van der Waals surface area contributed by atoms with Crippen LogP contribution in [-0.2, 0) is 9.53 Å². The highest BCUT2D eigenvalue weighted by Gasteiger charge is 2.32. The van der Waals surface area contributed by atoms with Gasteiger partial charge in [-0.05, 0) is 66.2 Å². The maximum Gasteiger partial charge on any atom is 0.326 e. The van der Waals surface area contributed by atoms with Crippen LogP contribution in [0.25, 0.3) is 0 Å². The van der Waals surface area contributed by atoms with E-state index >= 15 is 0 Å². The Morgan fingerprint density at radius 2 is 1.71 bits per heavy atom. The van der Waals surface area contributed by atoms with Crippen LogP contribution in [0.1, 0.15) is 66.2 Å². The number of hydrogen-bond donors (Lipinski definition) is 1. The first-order valence-electron chi connectivity index (χ1n) is 8.61. The first-order valence-corrected chi connectivity index (χ1v) is 8.61. The molecule has 0 saturated heterocycles. The molecule has 21 heavy (non-hydrogen) atoms. The molecule has 0 heterocycles. The summed E-state index contributed by atoms with van der Waals surface area (Å²) in [5.74, 6) is -0.122. The first kappa shape index (κ1) is 20.4. The van der Waals surface area contributed by atoms with Crippen molar-refractivity contribution in [2.45, 2.75) is 71.8 Å². The lowest BCUT2D eigenvalue weighted by Crippen LogP contribution is -2.50. The third-order valence-electron chi connectivity index (χ3n) is 3.90. The smallest absolute Gasteiger partial charge is 0.326 e. The first-order chi connectivity index (χ1) is 10.00. The normalized spacial score (nSPS) is 14.2. The second kappa shape index (κ2) is 12.0. The minimum absolute atomic E-state index is 0.122. The van der Waals surface area contributed by atoms with Crippen molar-refractivity contribution in [2.75, 3.05) is 33.3 Å². The fourth-order valence-electron chi connectivity index (χ4n) is 2.55. The molecule has 0 radical (unpaired) electrons. The Labute approximate surface area is 131 Å². The Kier molecular flexibility index (Phi) is 11.6. The van der Waals surface area contributed by atoms with Gasteiger partial charge in [0.2, 0.25) is 0 Å². The van der Waals surface area contributed by atoms with Gasteiger partial charge in [0.25, 0.3) is 0 Å². The van der Waals surface area contributed by atoms with Crippen LogP contribution < -0.4 is 5.32 Å². The van der Waals surface area contributed by atoms with E-state index in [1.165, 1.54) is 25.8 Å². The number of esters is 1. The van der Waals surface area contributed by atoms with Crippen molar-refractivity contribution >= 4 is 5.97 Å². The highest BCUT2D eigenvalue weighted by atomic mass is 16.5. The van der Waals surface area contributed by atoms with Crippen LogP contribution in [-0.4, -0.2) is 49.7 Å². The topological polar surface area (TPSA) is 41.6 Å². The molecule has 0 aromatic carbocycles. The van der Waals surface area contributed by atoms with Crippen LogP contribution in [0.4, 0.5) is 0 Å². The molecule has 126 valence electrons. The lowest BCUT2D eigenvalue weighted by Gasteiger charge is -2.28. The molecule has 1 unspecified atom stereocenters. The molecular weight excluding hydrogens is 264 g/mol. The minimum Gasteiger partial charge on any atom is -0.465 e. The third kappa shape index (κ3) is 9.10. The van der Waals surface area contributed by atoms with E-state index in [-0.39, 0.29) is 5.97 Å². The van der Waals surface area contributed by atoms with Crippen molar-refractivity contribution in [3.8, 4) is 0 Å². The van der Waals surface area contributed by atoms with Crippen molar-refractivity contribution in [3.05, 3.63) is 0 Å². The average Bonchev–Trinajstić information content (AvgIpc) is 2.44. The summed E-state index contributed by atoms with van der Waals surface area (Å²) in [6.45, 7) is 11.6. The van der Waals surface area contributed by atoms with Gasteiger partial charge in [-0.3, -0.25) is 4.79 Å². The van der Waals surface area contributed by atoms with Gasteiger partial charge >= 0.3 is 5.97 Å². The van der Waals surface area contributed by atoms with Crippen molar-refractivity contribution < 1.29 is 9.53 Å². The quantitative estimate of drug-likeness (QED) is 0.419. The van der Waals surface area contributed by atoms with E-state index in [1.54, 1.807) is 0 Å². The van der Waals surface area contributed by atoms with Crippen LogP contribution >= 0.6 is 0 Å². The summed E-state index contributed by atoms with van der Waals surface area (Å²) in [6.07, 6.45) is 6.87. The van der Waals surface area contributed by atoms with E-state index in [2.05, 4.69) is 24.2 Å². The fourth-order valence-corrected chi connectivity index (χ4v) is 2.55. The van der Waals surface area contributed by atoms with E-state index in [0.717, 1.165) is 32.4 Å². The zero-order valence-electron chi connectivity index (χ0n) is 14.8. The van der Waals surface area contributed by atoms with Gasteiger partial charge in [0.1, 0.15) is 5.54 Å². The molecule has 1 N–H and O–H groups in total. The maximum absolute atomic E-state index is 12.1. The summed E-state index contributed by atoms with van der Waals surface area (Å²) in [5.41, 5.74) is -0.536. The van der Waals surface area contributed by atoms with Crippen molar-refractivity contribution in [1.82, 2.24) is 10.2 Å². The van der Waals surface area contributed by atoms with Gasteiger partial charge < -0.3 is 15.0 Å². The number of carbonyl (C=O) groups excluding carboxylic acids is 1. The summed E-state index contributed by atoms with van der Waals surface area (Å²) in [7, 11) is 2.19. The standard InChI is InChI=1S/C17H36N2O2/c1-6-9-11-14-19(5)15-12-10-13-17(4,18-7-2)16(20)21-8-3/h18H,6-15H2,1-5H3. The predicted octanol–water partition coefficient (Wildman–Crippen LogP) is 3.21. The van der Waals surface area contributed by atoms with E-state index in [9.17, 15) is 4.79 Å². The predicted molar refractivity (Wildman–Crippen MR) is 89.6 cm³/mol. The van der Waals surface area contributed by atoms with Gasteiger partial charge in [0.15, 0.2) is 0 Å². The van der Waals surface area contributed by atoms with Gasteiger partial charge in [0, 0.05) is 0 Å². The fraction of sp³-hybridized carbons (Fsp3) is 0.941. The number of carbonyl (C=O) groups is 1. The molecule has 0 bridgehead atoms. The van der Waals surface area contributed by atoms with Gasteiger partial charge in [-0.15, -0.1) is 0 Å². The van der Waals surface area contributed by atoms with E-state index < -0.39 is 5.54 Å². The summed E-state index contributed by atoms with van der Waals surface area (Å²) in [6, 6.07) is 0. The van der Waals surface area contributed by atoms with Crippen LogP contribution in [0.3, 0.4) is 0 Å². The Morgan fingerprint density at radius 3 is 2.24 bits per heavy atom. The molecule has 0 rings (SSSR count). The van der Waals surface area contributed by atoms with E-state index in [0.29, 0.717) is 6.61 Å². The number of nitrogens with zero attached hydrogens (tertiary/aromatic N) is 1. The number of likely N-dealkylation sites (N-methyl/N-ethyl adjacent to an activating group) is 1. The summed E-state index contributed by atoms with van der Waals surface area (Å²) in [4.78, 5) is 14.5. The molecule has 0 aromatic rings. The molecule has 0 spiro atoms. The second-order valence-electron chi connectivity index (χ2n) is 6.05. The van der Waals surface area contributed by atoms with Crippen LogP contribution in [0.15, 0.2) is 0 Å². The molecule has 4 nitrogen and oxygen atoms in total. The number of ether oxygens (including phenoxy) is 1. The zero-order chi connectivity index (χ0) is 16.1. The Hall–Kier alpha value is -0.610. The molecule has 0 aromatic heterocycles. The van der Waals surface area contributed by atoms with Crippen molar-refractivity contribution in [2.24, 2.45) is 0 Å². The summed E-state index contributed by atoms with van der Waals surface area (Å²) in [5, 5.41) is 3.29. The highest BCUT2D eigenvalue weighted by Crippen LogP contribution is 2.16. The van der Waals surface area contributed by atoms with Crippen molar-refractivity contribution in [3.63, 3.8) is 0 Å². The molecule has 0 aliphatic heterocycles.